The number of hydrogen-bond acceptors (Lipinski definition) is 3. The summed E-state index contributed by atoms with van der Waals surface area (Å²) >= 11 is 0. The van der Waals surface area contributed by atoms with Gasteiger partial charge in [0.05, 0.1) is 11.6 Å². The fraction of sp³-hybridized carbons (Fsp3) is 0.364. The third-order valence-electron chi connectivity index (χ3n) is 2.35. The molecule has 3 nitrogen and oxygen atoms in total. The van der Waals surface area contributed by atoms with Crippen LogP contribution in [0, 0.1) is 18.3 Å². The lowest BCUT2D eigenvalue weighted by Crippen LogP contribution is -2.50. The summed E-state index contributed by atoms with van der Waals surface area (Å²) in [4.78, 5) is 0. The Labute approximate surface area is 95.5 Å². The van der Waals surface area contributed by atoms with Gasteiger partial charge in [0, 0.05) is 13.1 Å². The van der Waals surface area contributed by atoms with Crippen LogP contribution in [-0.4, -0.2) is 19.2 Å². The van der Waals surface area contributed by atoms with Crippen LogP contribution in [0.25, 0.3) is 0 Å². The van der Waals surface area contributed by atoms with Gasteiger partial charge in [0.25, 0.3) is 0 Å². The van der Waals surface area contributed by atoms with E-state index in [0.717, 1.165) is 24.4 Å². The van der Waals surface area contributed by atoms with Crippen LogP contribution >= 0.6 is 12.4 Å². The van der Waals surface area contributed by atoms with Gasteiger partial charge in [-0.05, 0) is 24.6 Å². The maximum atomic E-state index is 8.74. The highest BCUT2D eigenvalue weighted by Gasteiger charge is 2.18. The molecule has 0 aliphatic carbocycles. The highest BCUT2D eigenvalue weighted by molar-refractivity contribution is 5.85. The number of ether oxygens (including phenoxy) is 1. The molecule has 1 aliphatic rings. The summed E-state index contributed by atoms with van der Waals surface area (Å²) in [6.07, 6.45) is 0.266. The van der Waals surface area contributed by atoms with Crippen LogP contribution in [0.1, 0.15) is 11.1 Å². The molecule has 1 aromatic rings. The minimum Gasteiger partial charge on any atom is -0.487 e. The topological polar surface area (TPSA) is 45.0 Å². The number of hydrogen-bond donors (Lipinski definition) is 1. The minimum atomic E-state index is 0. The van der Waals surface area contributed by atoms with Gasteiger partial charge in [0.1, 0.15) is 11.9 Å². The second kappa shape index (κ2) is 5.01. The van der Waals surface area contributed by atoms with Crippen molar-refractivity contribution in [3.05, 3.63) is 29.3 Å². The first kappa shape index (κ1) is 11.8. The van der Waals surface area contributed by atoms with E-state index in [1.165, 1.54) is 0 Å². The molecule has 1 heterocycles. The molecular formula is C11H13ClN2O. The Hall–Kier alpha value is -1.24. The molecular weight excluding hydrogens is 212 g/mol. The molecule has 1 aliphatic heterocycles. The molecule has 0 bridgehead atoms. The molecule has 80 valence electrons. The predicted octanol–water partition coefficient (Wildman–Crippen LogP) is 1.64. The summed E-state index contributed by atoms with van der Waals surface area (Å²) in [5.41, 5.74) is 1.73. The van der Waals surface area contributed by atoms with Gasteiger partial charge in [-0.3, -0.25) is 0 Å². The molecule has 0 saturated carbocycles. The van der Waals surface area contributed by atoms with Crippen LogP contribution in [-0.2, 0) is 0 Å². The highest BCUT2D eigenvalue weighted by Crippen LogP contribution is 2.21. The largest absolute Gasteiger partial charge is 0.487 e. The molecule has 0 aromatic heterocycles. The van der Waals surface area contributed by atoms with E-state index in [9.17, 15) is 0 Å². The fourth-order valence-electron chi connectivity index (χ4n) is 1.32. The molecule has 1 aromatic carbocycles. The second-order valence-electron chi connectivity index (χ2n) is 3.49. The summed E-state index contributed by atoms with van der Waals surface area (Å²) in [5.74, 6) is 0.829. The summed E-state index contributed by atoms with van der Waals surface area (Å²) in [6.45, 7) is 3.79. The van der Waals surface area contributed by atoms with Crippen molar-refractivity contribution in [1.82, 2.24) is 5.32 Å². The zero-order valence-electron chi connectivity index (χ0n) is 8.49. The third-order valence-corrected chi connectivity index (χ3v) is 2.35. The molecule has 0 radical (unpaired) electrons. The summed E-state index contributed by atoms with van der Waals surface area (Å²) in [5, 5.41) is 11.9. The molecule has 1 N–H and O–H groups in total. The lowest BCUT2D eigenvalue weighted by molar-refractivity contribution is 0.141. The summed E-state index contributed by atoms with van der Waals surface area (Å²) in [7, 11) is 0. The molecule has 1 fully saturated rings. The third kappa shape index (κ3) is 2.62. The van der Waals surface area contributed by atoms with E-state index >= 15 is 0 Å². The Kier molecular flexibility index (Phi) is 3.96. The van der Waals surface area contributed by atoms with E-state index in [-0.39, 0.29) is 18.5 Å². The average Bonchev–Trinajstić information content (AvgIpc) is 2.14. The first-order valence-corrected chi connectivity index (χ1v) is 4.68. The standard InChI is InChI=1S/C11H12N2O.ClH/c1-8-2-3-9(5-12)4-11(8)14-10-6-13-7-10;/h2-4,10,13H,6-7H2,1H3;1H. The zero-order valence-corrected chi connectivity index (χ0v) is 9.30. The van der Waals surface area contributed by atoms with E-state index in [0.29, 0.717) is 5.56 Å². The number of nitriles is 1. The van der Waals surface area contributed by atoms with Gasteiger partial charge < -0.3 is 10.1 Å². The number of benzene rings is 1. The summed E-state index contributed by atoms with van der Waals surface area (Å²) in [6, 6.07) is 7.63. The minimum absolute atomic E-state index is 0. The number of nitrogens with zero attached hydrogens (tertiary/aromatic N) is 1. The van der Waals surface area contributed by atoms with Crippen LogP contribution in [0.3, 0.4) is 0 Å². The first-order valence-electron chi connectivity index (χ1n) is 4.68. The maximum Gasteiger partial charge on any atom is 0.124 e. The van der Waals surface area contributed by atoms with Crippen LogP contribution < -0.4 is 10.1 Å². The molecule has 15 heavy (non-hydrogen) atoms. The number of rotatable bonds is 2. The van der Waals surface area contributed by atoms with Gasteiger partial charge in [-0.1, -0.05) is 6.07 Å². The summed E-state index contributed by atoms with van der Waals surface area (Å²) < 4.78 is 5.71. The van der Waals surface area contributed by atoms with Crippen molar-refractivity contribution in [2.45, 2.75) is 13.0 Å². The zero-order chi connectivity index (χ0) is 9.97. The van der Waals surface area contributed by atoms with E-state index in [2.05, 4.69) is 11.4 Å². The number of aryl methyl sites for hydroxylation is 1. The monoisotopic (exact) mass is 224 g/mol. The van der Waals surface area contributed by atoms with Crippen molar-refractivity contribution < 1.29 is 4.74 Å². The SMILES string of the molecule is Cc1ccc(C#N)cc1OC1CNC1.Cl. The van der Waals surface area contributed by atoms with Gasteiger partial charge in [-0.2, -0.15) is 5.26 Å². The van der Waals surface area contributed by atoms with E-state index in [4.69, 9.17) is 10.00 Å². The van der Waals surface area contributed by atoms with E-state index < -0.39 is 0 Å². The van der Waals surface area contributed by atoms with Crippen molar-refractivity contribution >= 4 is 12.4 Å². The van der Waals surface area contributed by atoms with Gasteiger partial charge in [-0.25, -0.2) is 0 Å². The van der Waals surface area contributed by atoms with Crippen LogP contribution in [0.5, 0.6) is 5.75 Å². The number of halogens is 1. The van der Waals surface area contributed by atoms with Gasteiger partial charge in [0.15, 0.2) is 0 Å². The van der Waals surface area contributed by atoms with Crippen LogP contribution in [0.4, 0.5) is 0 Å². The fourth-order valence-corrected chi connectivity index (χ4v) is 1.32. The molecule has 4 heteroatoms. The van der Waals surface area contributed by atoms with Crippen molar-refractivity contribution in [2.75, 3.05) is 13.1 Å². The predicted molar refractivity (Wildman–Crippen MR) is 60.4 cm³/mol. The first-order chi connectivity index (χ1) is 6.79. The molecule has 0 atom stereocenters. The maximum absolute atomic E-state index is 8.74. The number of nitrogens with one attached hydrogen (secondary N) is 1. The smallest absolute Gasteiger partial charge is 0.124 e. The molecule has 2 rings (SSSR count). The van der Waals surface area contributed by atoms with Gasteiger partial charge >= 0.3 is 0 Å². The molecule has 1 saturated heterocycles. The van der Waals surface area contributed by atoms with Crippen LogP contribution in [0.2, 0.25) is 0 Å². The average molecular weight is 225 g/mol. The van der Waals surface area contributed by atoms with E-state index in [1.807, 2.05) is 13.0 Å². The Morgan fingerprint density at radius 2 is 2.20 bits per heavy atom. The normalized spacial score (nSPS) is 14.7. The van der Waals surface area contributed by atoms with Gasteiger partial charge in [-0.15, -0.1) is 12.4 Å². The Morgan fingerprint density at radius 1 is 1.47 bits per heavy atom. The van der Waals surface area contributed by atoms with Crippen molar-refractivity contribution in [2.24, 2.45) is 0 Å². The van der Waals surface area contributed by atoms with E-state index in [1.54, 1.807) is 12.1 Å². The highest BCUT2D eigenvalue weighted by atomic mass is 35.5. The van der Waals surface area contributed by atoms with Crippen molar-refractivity contribution in [3.63, 3.8) is 0 Å². The Morgan fingerprint density at radius 3 is 2.73 bits per heavy atom. The quantitative estimate of drug-likeness (QED) is 0.831. The lowest BCUT2D eigenvalue weighted by atomic mass is 10.1. The van der Waals surface area contributed by atoms with Crippen molar-refractivity contribution in [3.8, 4) is 11.8 Å². The lowest BCUT2D eigenvalue weighted by Gasteiger charge is -2.28. The van der Waals surface area contributed by atoms with Gasteiger partial charge in [0.2, 0.25) is 0 Å². The molecule has 0 spiro atoms. The molecule has 0 amide bonds. The second-order valence-corrected chi connectivity index (χ2v) is 3.49. The van der Waals surface area contributed by atoms with Crippen LogP contribution in [0.15, 0.2) is 18.2 Å². The Balaban J connectivity index is 0.00000112. The molecule has 0 unspecified atom stereocenters. The van der Waals surface area contributed by atoms with Crippen molar-refractivity contribution in [1.29, 1.82) is 5.26 Å². The Bertz CT molecular complexity index is 383.